The molecule has 17 heavy (non-hydrogen) atoms. The number of aliphatic hydroxyl groups excluding tert-OH is 2. The minimum Gasteiger partial charge on any atom is -0.494 e. The zero-order valence-electron chi connectivity index (χ0n) is 9.51. The number of ether oxygens (including phenoxy) is 1. The van der Waals surface area contributed by atoms with Crippen molar-refractivity contribution in [2.45, 2.75) is 6.04 Å². The van der Waals surface area contributed by atoms with Crippen LogP contribution in [0.2, 0.25) is 0 Å². The highest BCUT2D eigenvalue weighted by Crippen LogP contribution is 2.25. The summed E-state index contributed by atoms with van der Waals surface area (Å²) in [6.45, 7) is -0.681. The molecule has 0 spiro atoms. The van der Waals surface area contributed by atoms with Gasteiger partial charge in [0.15, 0.2) is 5.75 Å². The molecule has 0 bridgehead atoms. The van der Waals surface area contributed by atoms with Gasteiger partial charge in [0.2, 0.25) is 0 Å². The summed E-state index contributed by atoms with van der Waals surface area (Å²) in [6, 6.07) is 4.09. The average molecular weight is 240 g/mol. The first-order chi connectivity index (χ1) is 8.13. The quantitative estimate of drug-likeness (QED) is 0.512. The lowest BCUT2D eigenvalue weighted by Crippen LogP contribution is -2.40. The Labute approximate surface area is 99.0 Å². The Morgan fingerprint density at radius 3 is 2.65 bits per heavy atom. The molecule has 0 aliphatic heterocycles. The van der Waals surface area contributed by atoms with E-state index < -0.39 is 11.9 Å². The van der Waals surface area contributed by atoms with E-state index in [1.54, 1.807) is 18.2 Å². The predicted molar refractivity (Wildman–Crippen MR) is 62.8 cm³/mol. The van der Waals surface area contributed by atoms with Gasteiger partial charge in [-0.3, -0.25) is 4.79 Å². The fraction of sp³-hybridized carbons (Fsp3) is 0.364. The van der Waals surface area contributed by atoms with E-state index in [-0.39, 0.29) is 24.5 Å². The number of rotatable bonds is 5. The number of nitrogens with one attached hydrogen (secondary N) is 1. The molecule has 94 valence electrons. The third kappa shape index (κ3) is 3.08. The van der Waals surface area contributed by atoms with Gasteiger partial charge in [0.1, 0.15) is 0 Å². The fourth-order valence-corrected chi connectivity index (χ4v) is 1.37. The summed E-state index contributed by atoms with van der Waals surface area (Å²) in [5.41, 5.74) is 6.28. The maximum absolute atomic E-state index is 11.8. The molecule has 1 aromatic carbocycles. The Morgan fingerprint density at radius 2 is 2.12 bits per heavy atom. The predicted octanol–water partition coefficient (Wildman–Crippen LogP) is -0.640. The molecule has 0 atom stereocenters. The highest BCUT2D eigenvalue weighted by Gasteiger charge is 2.17. The first-order valence-corrected chi connectivity index (χ1v) is 5.09. The van der Waals surface area contributed by atoms with E-state index in [1.807, 2.05) is 0 Å². The lowest BCUT2D eigenvalue weighted by atomic mass is 10.1. The third-order valence-electron chi connectivity index (χ3n) is 2.27. The molecule has 1 amide bonds. The Morgan fingerprint density at radius 1 is 1.47 bits per heavy atom. The van der Waals surface area contributed by atoms with Crippen LogP contribution in [0.1, 0.15) is 10.4 Å². The van der Waals surface area contributed by atoms with Gasteiger partial charge in [-0.15, -0.1) is 0 Å². The minimum atomic E-state index is -0.700. The number of methoxy groups -OCH3 is 1. The number of para-hydroxylation sites is 1. The fourth-order valence-electron chi connectivity index (χ4n) is 1.37. The van der Waals surface area contributed by atoms with E-state index in [2.05, 4.69) is 5.32 Å². The largest absolute Gasteiger partial charge is 0.494 e. The number of benzene rings is 1. The SMILES string of the molecule is COc1c(N)cccc1C(=O)NC(CO)CO. The molecule has 0 saturated carbocycles. The molecule has 1 rings (SSSR count). The number of carbonyl (C=O) groups is 1. The van der Waals surface area contributed by atoms with Gasteiger partial charge in [-0.1, -0.05) is 6.07 Å². The Hall–Kier alpha value is -1.79. The van der Waals surface area contributed by atoms with Gasteiger partial charge in [-0.25, -0.2) is 0 Å². The standard InChI is InChI=1S/C11H16N2O4/c1-17-10-8(3-2-4-9(10)12)11(16)13-7(5-14)6-15/h2-4,7,14-15H,5-6,12H2,1H3,(H,13,16). The molecule has 0 fully saturated rings. The van der Waals surface area contributed by atoms with Crippen LogP contribution < -0.4 is 15.8 Å². The molecule has 0 heterocycles. The van der Waals surface area contributed by atoms with E-state index >= 15 is 0 Å². The van der Waals surface area contributed by atoms with Gasteiger partial charge in [-0.05, 0) is 12.1 Å². The molecular weight excluding hydrogens is 224 g/mol. The summed E-state index contributed by atoms with van der Waals surface area (Å²) < 4.78 is 5.04. The van der Waals surface area contributed by atoms with Crippen LogP contribution in [0.4, 0.5) is 5.69 Å². The van der Waals surface area contributed by atoms with Crippen LogP contribution in [0, 0.1) is 0 Å². The molecule has 6 nitrogen and oxygen atoms in total. The van der Waals surface area contributed by atoms with E-state index in [0.29, 0.717) is 5.69 Å². The molecule has 1 aromatic rings. The van der Waals surface area contributed by atoms with Crippen LogP contribution in [-0.2, 0) is 0 Å². The van der Waals surface area contributed by atoms with E-state index in [0.717, 1.165) is 0 Å². The zero-order chi connectivity index (χ0) is 12.8. The second-order valence-corrected chi connectivity index (χ2v) is 3.46. The van der Waals surface area contributed by atoms with Gasteiger partial charge >= 0.3 is 0 Å². The van der Waals surface area contributed by atoms with Gasteiger partial charge < -0.3 is 26.0 Å². The van der Waals surface area contributed by atoms with Gasteiger partial charge in [0.05, 0.1) is 37.6 Å². The number of carbonyl (C=O) groups excluding carboxylic acids is 1. The second kappa shape index (κ2) is 6.07. The first-order valence-electron chi connectivity index (χ1n) is 5.09. The normalized spacial score (nSPS) is 10.4. The molecule has 0 radical (unpaired) electrons. The molecule has 6 heteroatoms. The van der Waals surface area contributed by atoms with Crippen LogP contribution in [0.5, 0.6) is 5.75 Å². The van der Waals surface area contributed by atoms with Crippen molar-refractivity contribution in [2.24, 2.45) is 0 Å². The average Bonchev–Trinajstić information content (AvgIpc) is 2.35. The maximum Gasteiger partial charge on any atom is 0.255 e. The zero-order valence-corrected chi connectivity index (χ0v) is 9.51. The minimum absolute atomic E-state index is 0.263. The molecule has 0 aliphatic rings. The number of hydrogen-bond acceptors (Lipinski definition) is 5. The highest BCUT2D eigenvalue weighted by molar-refractivity contribution is 5.98. The Balaban J connectivity index is 2.92. The summed E-state index contributed by atoms with van der Waals surface area (Å²) in [5.74, 6) is -0.179. The van der Waals surface area contributed by atoms with Crippen molar-refractivity contribution in [1.29, 1.82) is 0 Å². The third-order valence-corrected chi connectivity index (χ3v) is 2.27. The highest BCUT2D eigenvalue weighted by atomic mass is 16.5. The van der Waals surface area contributed by atoms with Gasteiger partial charge in [0, 0.05) is 0 Å². The topological polar surface area (TPSA) is 105 Å². The van der Waals surface area contributed by atoms with E-state index in [4.69, 9.17) is 20.7 Å². The van der Waals surface area contributed by atoms with Crippen molar-refractivity contribution >= 4 is 11.6 Å². The van der Waals surface area contributed by atoms with Crippen molar-refractivity contribution in [3.8, 4) is 5.75 Å². The molecule has 0 saturated heterocycles. The summed E-state index contributed by atoms with van der Waals surface area (Å²) in [4.78, 5) is 11.8. The van der Waals surface area contributed by atoms with Crippen molar-refractivity contribution in [3.05, 3.63) is 23.8 Å². The molecule has 0 unspecified atom stereocenters. The van der Waals surface area contributed by atoms with Gasteiger partial charge in [-0.2, -0.15) is 0 Å². The molecule has 0 aliphatic carbocycles. The summed E-state index contributed by atoms with van der Waals surface area (Å²) in [7, 11) is 1.41. The Kier molecular flexibility index (Phi) is 4.74. The van der Waals surface area contributed by atoms with Crippen molar-refractivity contribution < 1.29 is 19.7 Å². The van der Waals surface area contributed by atoms with E-state index in [1.165, 1.54) is 7.11 Å². The number of hydrogen-bond donors (Lipinski definition) is 4. The van der Waals surface area contributed by atoms with Crippen LogP contribution in [-0.4, -0.2) is 42.5 Å². The number of amides is 1. The van der Waals surface area contributed by atoms with E-state index in [9.17, 15) is 4.79 Å². The molecule has 0 aromatic heterocycles. The van der Waals surface area contributed by atoms with Crippen LogP contribution in [0.3, 0.4) is 0 Å². The second-order valence-electron chi connectivity index (χ2n) is 3.46. The van der Waals surface area contributed by atoms with Gasteiger partial charge in [0.25, 0.3) is 5.91 Å². The van der Waals surface area contributed by atoms with Crippen molar-refractivity contribution in [1.82, 2.24) is 5.32 Å². The smallest absolute Gasteiger partial charge is 0.255 e. The number of aliphatic hydroxyl groups is 2. The molecular formula is C11H16N2O4. The monoisotopic (exact) mass is 240 g/mol. The van der Waals surface area contributed by atoms with Crippen molar-refractivity contribution in [3.63, 3.8) is 0 Å². The van der Waals surface area contributed by atoms with Crippen LogP contribution in [0.25, 0.3) is 0 Å². The number of nitrogen functional groups attached to an aromatic ring is 1. The first kappa shape index (κ1) is 13.3. The van der Waals surface area contributed by atoms with Crippen molar-refractivity contribution in [2.75, 3.05) is 26.1 Å². The van der Waals surface area contributed by atoms with Crippen LogP contribution in [0.15, 0.2) is 18.2 Å². The number of nitrogens with two attached hydrogens (primary N) is 1. The lowest BCUT2D eigenvalue weighted by molar-refractivity contribution is 0.0876. The summed E-state index contributed by atoms with van der Waals surface area (Å²) >= 11 is 0. The maximum atomic E-state index is 11.8. The molecule has 5 N–H and O–H groups in total. The summed E-state index contributed by atoms with van der Waals surface area (Å²) in [6.07, 6.45) is 0. The van der Waals surface area contributed by atoms with Crippen LogP contribution >= 0.6 is 0 Å². The Bertz CT molecular complexity index is 391. The number of anilines is 1. The summed E-state index contributed by atoms with van der Waals surface area (Å²) in [5, 5.41) is 20.2. The lowest BCUT2D eigenvalue weighted by Gasteiger charge is -2.15.